The summed E-state index contributed by atoms with van der Waals surface area (Å²) in [4.78, 5) is 27.5. The lowest BCUT2D eigenvalue weighted by atomic mass is 10.2. The normalized spacial score (nSPS) is 10.6. The zero-order chi connectivity index (χ0) is 14.8. The van der Waals surface area contributed by atoms with Gasteiger partial charge in [-0.3, -0.25) is 4.79 Å². The Morgan fingerprint density at radius 3 is 2.81 bits per heavy atom. The van der Waals surface area contributed by atoms with Gasteiger partial charge in [0.15, 0.2) is 5.65 Å². The second kappa shape index (κ2) is 5.20. The van der Waals surface area contributed by atoms with Gasteiger partial charge in [0.25, 0.3) is 5.56 Å². The fourth-order valence-corrected chi connectivity index (χ4v) is 2.02. The van der Waals surface area contributed by atoms with Crippen molar-refractivity contribution in [2.24, 2.45) is 0 Å². The molecule has 0 unspecified atom stereocenters. The number of aromatic amines is 1. The molecule has 0 saturated carbocycles. The lowest BCUT2D eigenvalue weighted by Crippen LogP contribution is -2.12. The van der Waals surface area contributed by atoms with Crippen LogP contribution in [0.3, 0.4) is 0 Å². The largest absolute Gasteiger partial charge is 0.496 e. The predicted molar refractivity (Wildman–Crippen MR) is 79.5 cm³/mol. The number of benzene rings is 1. The summed E-state index contributed by atoms with van der Waals surface area (Å²) in [5.74, 6) is 1.44. The molecule has 0 radical (unpaired) electrons. The van der Waals surface area contributed by atoms with Gasteiger partial charge >= 0.3 is 0 Å². The maximum Gasteiger partial charge on any atom is 0.262 e. The molecule has 0 spiro atoms. The second-order valence-corrected chi connectivity index (χ2v) is 4.30. The molecular weight excluding hydrogens is 270 g/mol. The Kier molecular flexibility index (Phi) is 3.23. The van der Waals surface area contributed by atoms with Gasteiger partial charge in [-0.2, -0.15) is 4.98 Å². The van der Waals surface area contributed by atoms with E-state index in [1.807, 2.05) is 18.2 Å². The minimum atomic E-state index is -0.288. The molecule has 0 atom stereocenters. The van der Waals surface area contributed by atoms with Crippen LogP contribution in [0.5, 0.6) is 5.75 Å². The fraction of sp³-hybridized carbons (Fsp3) is 0.143. The molecule has 7 nitrogen and oxygen atoms in total. The van der Waals surface area contributed by atoms with E-state index in [2.05, 4.69) is 25.3 Å². The molecule has 0 fully saturated rings. The third-order valence-corrected chi connectivity index (χ3v) is 3.05. The molecule has 7 heteroatoms. The van der Waals surface area contributed by atoms with Crippen LogP contribution in [0.4, 0.5) is 5.95 Å². The first kappa shape index (κ1) is 13.0. The molecule has 0 aliphatic heterocycles. The van der Waals surface area contributed by atoms with Gasteiger partial charge in [-0.25, -0.2) is 9.97 Å². The van der Waals surface area contributed by atoms with E-state index in [-0.39, 0.29) is 5.56 Å². The smallest absolute Gasteiger partial charge is 0.262 e. The SMILES string of the molecule is CNc1ncc2c(=O)[nH]c(-c3ccccc3OC)nc2n1. The van der Waals surface area contributed by atoms with Crippen molar-refractivity contribution in [2.75, 3.05) is 19.5 Å². The Balaban J connectivity index is 2.26. The summed E-state index contributed by atoms with van der Waals surface area (Å²) in [6.45, 7) is 0. The molecule has 0 saturated heterocycles. The number of rotatable bonds is 3. The molecule has 0 bridgehead atoms. The number of nitrogens with one attached hydrogen (secondary N) is 2. The molecule has 2 aromatic heterocycles. The summed E-state index contributed by atoms with van der Waals surface area (Å²) in [7, 11) is 3.27. The zero-order valence-electron chi connectivity index (χ0n) is 11.5. The van der Waals surface area contributed by atoms with E-state index in [0.717, 1.165) is 0 Å². The van der Waals surface area contributed by atoms with Crippen molar-refractivity contribution in [2.45, 2.75) is 0 Å². The van der Waals surface area contributed by atoms with E-state index in [9.17, 15) is 4.79 Å². The summed E-state index contributed by atoms with van der Waals surface area (Å²) in [6.07, 6.45) is 1.45. The fourth-order valence-electron chi connectivity index (χ4n) is 2.02. The van der Waals surface area contributed by atoms with Crippen LogP contribution in [0.15, 0.2) is 35.3 Å². The molecule has 106 valence electrons. The second-order valence-electron chi connectivity index (χ2n) is 4.30. The van der Waals surface area contributed by atoms with E-state index in [0.29, 0.717) is 34.1 Å². The number of methoxy groups -OCH3 is 1. The number of anilines is 1. The van der Waals surface area contributed by atoms with Crippen molar-refractivity contribution >= 4 is 17.0 Å². The number of aromatic nitrogens is 4. The van der Waals surface area contributed by atoms with Crippen molar-refractivity contribution in [1.29, 1.82) is 0 Å². The van der Waals surface area contributed by atoms with Crippen molar-refractivity contribution in [1.82, 2.24) is 19.9 Å². The third-order valence-electron chi connectivity index (χ3n) is 3.05. The summed E-state index contributed by atoms with van der Waals surface area (Å²) >= 11 is 0. The van der Waals surface area contributed by atoms with E-state index in [1.54, 1.807) is 20.2 Å². The minimum Gasteiger partial charge on any atom is -0.496 e. The first-order valence-electron chi connectivity index (χ1n) is 6.31. The van der Waals surface area contributed by atoms with Gasteiger partial charge in [-0.1, -0.05) is 12.1 Å². The highest BCUT2D eigenvalue weighted by Gasteiger charge is 2.11. The first-order valence-corrected chi connectivity index (χ1v) is 6.31. The van der Waals surface area contributed by atoms with Crippen LogP contribution in [0.2, 0.25) is 0 Å². The van der Waals surface area contributed by atoms with Crippen LogP contribution in [-0.4, -0.2) is 34.1 Å². The number of hydrogen-bond acceptors (Lipinski definition) is 6. The monoisotopic (exact) mass is 283 g/mol. The van der Waals surface area contributed by atoms with Crippen LogP contribution in [-0.2, 0) is 0 Å². The lowest BCUT2D eigenvalue weighted by Gasteiger charge is -2.08. The van der Waals surface area contributed by atoms with Gasteiger partial charge in [-0.05, 0) is 12.1 Å². The van der Waals surface area contributed by atoms with Crippen molar-refractivity contribution in [3.05, 3.63) is 40.8 Å². The molecule has 3 rings (SSSR count). The summed E-state index contributed by atoms with van der Waals surface area (Å²) in [5.41, 5.74) is 0.742. The molecule has 21 heavy (non-hydrogen) atoms. The van der Waals surface area contributed by atoms with Gasteiger partial charge < -0.3 is 15.0 Å². The van der Waals surface area contributed by atoms with Gasteiger partial charge in [0.1, 0.15) is 17.0 Å². The highest BCUT2D eigenvalue weighted by atomic mass is 16.5. The first-order chi connectivity index (χ1) is 10.2. The number of hydrogen-bond donors (Lipinski definition) is 2. The number of nitrogens with zero attached hydrogens (tertiary/aromatic N) is 3. The van der Waals surface area contributed by atoms with E-state index in [4.69, 9.17) is 4.74 Å². The van der Waals surface area contributed by atoms with Crippen LogP contribution in [0.25, 0.3) is 22.4 Å². The standard InChI is InChI=1S/C14H13N5O2/c1-15-14-16-7-9-12(19-14)17-11(18-13(9)20)8-5-3-4-6-10(8)21-2/h3-7H,1-2H3,(H2,15,16,17,18,19,20). The minimum absolute atomic E-state index is 0.288. The highest BCUT2D eigenvalue weighted by Crippen LogP contribution is 2.26. The Labute approximate surface area is 120 Å². The topological polar surface area (TPSA) is 92.8 Å². The van der Waals surface area contributed by atoms with Crippen molar-refractivity contribution in [3.8, 4) is 17.1 Å². The van der Waals surface area contributed by atoms with E-state index < -0.39 is 0 Å². The Hall–Kier alpha value is -2.96. The quantitative estimate of drug-likeness (QED) is 0.755. The Morgan fingerprint density at radius 1 is 1.24 bits per heavy atom. The third kappa shape index (κ3) is 2.29. The Morgan fingerprint density at radius 2 is 2.05 bits per heavy atom. The van der Waals surface area contributed by atoms with Crippen molar-refractivity contribution in [3.63, 3.8) is 0 Å². The average Bonchev–Trinajstić information content (AvgIpc) is 2.54. The molecule has 0 aliphatic carbocycles. The van der Waals surface area contributed by atoms with Gasteiger partial charge in [0, 0.05) is 13.2 Å². The number of para-hydroxylation sites is 1. The maximum atomic E-state index is 12.1. The van der Waals surface area contributed by atoms with Crippen LogP contribution < -0.4 is 15.6 Å². The zero-order valence-corrected chi connectivity index (χ0v) is 11.5. The van der Waals surface area contributed by atoms with Crippen molar-refractivity contribution < 1.29 is 4.74 Å². The maximum absolute atomic E-state index is 12.1. The molecule has 2 N–H and O–H groups in total. The number of ether oxygens (including phenoxy) is 1. The predicted octanol–water partition coefficient (Wildman–Crippen LogP) is 1.43. The lowest BCUT2D eigenvalue weighted by molar-refractivity contribution is 0.416. The van der Waals surface area contributed by atoms with Gasteiger partial charge in [0.05, 0.1) is 12.7 Å². The molecule has 0 aliphatic rings. The molecular formula is C14H13N5O2. The van der Waals surface area contributed by atoms with Crippen LogP contribution >= 0.6 is 0 Å². The summed E-state index contributed by atoms with van der Waals surface area (Å²) in [6, 6.07) is 7.32. The Bertz CT molecular complexity index is 859. The van der Waals surface area contributed by atoms with Gasteiger partial charge in [0.2, 0.25) is 5.95 Å². The molecule has 2 heterocycles. The number of fused-ring (bicyclic) bond motifs is 1. The molecule has 0 amide bonds. The molecule has 1 aromatic carbocycles. The van der Waals surface area contributed by atoms with E-state index in [1.165, 1.54) is 6.20 Å². The summed E-state index contributed by atoms with van der Waals surface area (Å²) < 4.78 is 5.29. The molecule has 3 aromatic rings. The number of H-pyrrole nitrogens is 1. The summed E-state index contributed by atoms with van der Waals surface area (Å²) in [5, 5.41) is 3.16. The average molecular weight is 283 g/mol. The van der Waals surface area contributed by atoms with Crippen LogP contribution in [0.1, 0.15) is 0 Å². The highest BCUT2D eigenvalue weighted by molar-refractivity contribution is 5.77. The van der Waals surface area contributed by atoms with Crippen LogP contribution in [0, 0.1) is 0 Å². The van der Waals surface area contributed by atoms with E-state index >= 15 is 0 Å². The van der Waals surface area contributed by atoms with Gasteiger partial charge in [-0.15, -0.1) is 0 Å².